The number of aliphatic hydroxyl groups excluding tert-OH is 1. The van der Waals surface area contributed by atoms with Crippen LogP contribution in [0.4, 0.5) is 4.79 Å². The summed E-state index contributed by atoms with van der Waals surface area (Å²) in [6, 6.07) is 5.46. The molecule has 23 heteroatoms. The number of benzene rings is 2. The third-order valence-electron chi connectivity index (χ3n) is 9.46. The number of amides is 8. The fraction of sp³-hybridized carbons (Fsp3) is 0.476. The molecule has 0 unspecified atom stereocenters. The summed E-state index contributed by atoms with van der Waals surface area (Å²) >= 11 is 0. The number of primary amides is 1. The Morgan fingerprint density at radius 3 is 1.65 bits per heavy atom. The van der Waals surface area contributed by atoms with Crippen molar-refractivity contribution in [2.24, 2.45) is 11.7 Å². The fourth-order valence-electron chi connectivity index (χ4n) is 5.79. The number of nitrogens with one attached hydrogen (secondary N) is 7. The van der Waals surface area contributed by atoms with E-state index in [1.807, 2.05) is 13.8 Å². The maximum absolute atomic E-state index is 13.9. The summed E-state index contributed by atoms with van der Waals surface area (Å²) in [6.45, 7) is 3.14. The molecule has 0 bridgehead atoms. The second-order valence-electron chi connectivity index (χ2n) is 15.3. The average Bonchev–Trinajstić information content (AvgIpc) is 3.25. The Morgan fingerprint density at radius 1 is 0.585 bits per heavy atom. The quantitative estimate of drug-likeness (QED) is 0.0459. The topological polar surface area (TPSA) is 371 Å². The number of carbonyl (C=O) groups excluding carboxylic acids is 8. The van der Waals surface area contributed by atoms with Gasteiger partial charge in [-0.15, -0.1) is 0 Å². The Labute approximate surface area is 374 Å². The van der Waals surface area contributed by atoms with Gasteiger partial charge in [-0.25, -0.2) is 4.79 Å². The fourth-order valence-corrected chi connectivity index (χ4v) is 5.79. The summed E-state index contributed by atoms with van der Waals surface area (Å²) in [5, 5.41) is 54.6. The smallest absolute Gasteiger partial charge is 0.408 e. The SMILES string of the molecule is CC(C)CC[C@H](NC(=O)[C@H](CO)NC(=O)[C@H](CCC(=O)O)NC(=O)CNC(=O)[C@H](C)NC(=O)OCc1ccccc1)C(=O)N[C@@H](Cc1ccc(O)cc1)C(=O)N[C@@H](CCC(=O)O)C(N)=O. The van der Waals surface area contributed by atoms with E-state index in [-0.39, 0.29) is 37.5 Å². The van der Waals surface area contributed by atoms with Crippen molar-refractivity contribution in [2.75, 3.05) is 13.2 Å². The van der Waals surface area contributed by atoms with Crippen LogP contribution in [-0.2, 0) is 60.9 Å². The van der Waals surface area contributed by atoms with Crippen LogP contribution in [0.3, 0.4) is 0 Å². The molecule has 0 aliphatic carbocycles. The highest BCUT2D eigenvalue weighted by Gasteiger charge is 2.33. The molecule has 0 aliphatic rings. The van der Waals surface area contributed by atoms with Crippen molar-refractivity contribution < 1.29 is 73.1 Å². The lowest BCUT2D eigenvalue weighted by Crippen LogP contribution is -2.60. The molecule has 6 atom stereocenters. The molecule has 0 radical (unpaired) electrons. The van der Waals surface area contributed by atoms with Crippen molar-refractivity contribution in [2.45, 2.75) is 109 Å². The number of phenolic OH excluding ortho intramolecular Hbond substituents is 1. The van der Waals surface area contributed by atoms with E-state index in [2.05, 4.69) is 37.2 Å². The summed E-state index contributed by atoms with van der Waals surface area (Å²) in [7, 11) is 0. The maximum Gasteiger partial charge on any atom is 0.408 e. The van der Waals surface area contributed by atoms with Crippen molar-refractivity contribution in [3.8, 4) is 5.75 Å². The van der Waals surface area contributed by atoms with Gasteiger partial charge in [0, 0.05) is 19.3 Å². The summed E-state index contributed by atoms with van der Waals surface area (Å²) in [5.41, 5.74) is 6.53. The van der Waals surface area contributed by atoms with Gasteiger partial charge in [0.25, 0.3) is 0 Å². The Morgan fingerprint density at radius 2 is 1.09 bits per heavy atom. The van der Waals surface area contributed by atoms with Gasteiger partial charge >= 0.3 is 18.0 Å². The van der Waals surface area contributed by atoms with Gasteiger partial charge in [0.2, 0.25) is 41.4 Å². The number of aliphatic hydroxyl groups is 1. The van der Waals surface area contributed by atoms with Crippen LogP contribution in [0, 0.1) is 5.92 Å². The molecule has 356 valence electrons. The molecular formula is C42H58N8O15. The normalized spacial score (nSPS) is 13.6. The van der Waals surface area contributed by atoms with Crippen molar-refractivity contribution >= 4 is 59.4 Å². The molecule has 2 aromatic rings. The molecule has 0 heterocycles. The van der Waals surface area contributed by atoms with Crippen LogP contribution in [-0.4, -0.2) is 129 Å². The highest BCUT2D eigenvalue weighted by atomic mass is 16.5. The molecule has 0 saturated carbocycles. The van der Waals surface area contributed by atoms with Gasteiger partial charge in [0.05, 0.1) is 13.2 Å². The Kier molecular flexibility index (Phi) is 22.9. The minimum atomic E-state index is -1.77. The standard InChI is InChI=1S/C42H58N8O15/c1-23(2)9-14-30(39(61)49-31(19-25-10-12-27(52)13-11-25)40(62)47-28(36(43)58)15-17-34(54)55)48-41(63)32(21-51)50-38(60)29(16-18-35(56)57)46-33(53)20-44-37(59)24(3)45-42(64)65-22-26-7-5-4-6-8-26/h4-8,10-13,23-24,28-32,51-52H,9,14-22H2,1-3H3,(H2,43,58)(H,44,59)(H,45,64)(H,46,53)(H,47,62)(H,48,63)(H,49,61)(H,50,60)(H,54,55)(H,56,57)/t24-,28-,29-,30-,31-,32-/m0/s1. The first kappa shape index (κ1) is 53.8. The number of aliphatic carboxylic acids is 2. The van der Waals surface area contributed by atoms with Gasteiger partial charge in [-0.2, -0.15) is 0 Å². The number of rotatable bonds is 28. The molecule has 2 aromatic carbocycles. The molecule has 0 saturated heterocycles. The number of ether oxygens (including phenoxy) is 1. The number of alkyl carbamates (subject to hydrolysis) is 1. The van der Waals surface area contributed by atoms with E-state index in [1.54, 1.807) is 30.3 Å². The predicted octanol–water partition coefficient (Wildman–Crippen LogP) is -1.57. The van der Waals surface area contributed by atoms with Crippen molar-refractivity contribution in [1.29, 1.82) is 0 Å². The number of carboxylic acids is 2. The average molecular weight is 915 g/mol. The van der Waals surface area contributed by atoms with E-state index in [9.17, 15) is 63.3 Å². The Hall–Kier alpha value is -7.30. The van der Waals surface area contributed by atoms with Crippen molar-refractivity contribution in [3.05, 3.63) is 65.7 Å². The molecule has 23 nitrogen and oxygen atoms in total. The zero-order chi connectivity index (χ0) is 48.6. The van der Waals surface area contributed by atoms with Crippen LogP contribution in [0.25, 0.3) is 0 Å². The summed E-state index contributed by atoms with van der Waals surface area (Å²) < 4.78 is 5.07. The number of nitrogens with two attached hydrogens (primary N) is 1. The Bertz CT molecular complexity index is 1970. The third-order valence-corrected chi connectivity index (χ3v) is 9.46. The molecule has 0 aromatic heterocycles. The zero-order valence-corrected chi connectivity index (χ0v) is 36.2. The van der Waals surface area contributed by atoms with E-state index in [4.69, 9.17) is 15.6 Å². The second-order valence-corrected chi connectivity index (χ2v) is 15.3. The van der Waals surface area contributed by atoms with E-state index in [1.165, 1.54) is 31.2 Å². The van der Waals surface area contributed by atoms with Crippen LogP contribution in [0.2, 0.25) is 0 Å². The number of carbonyl (C=O) groups is 10. The first-order valence-corrected chi connectivity index (χ1v) is 20.6. The van der Waals surface area contributed by atoms with E-state index < -0.39 is 128 Å². The van der Waals surface area contributed by atoms with Crippen LogP contribution in [0.15, 0.2) is 54.6 Å². The molecule has 2 rings (SSSR count). The van der Waals surface area contributed by atoms with Crippen LogP contribution in [0.5, 0.6) is 5.75 Å². The monoisotopic (exact) mass is 914 g/mol. The van der Waals surface area contributed by atoms with E-state index in [0.29, 0.717) is 17.5 Å². The molecule has 0 spiro atoms. The van der Waals surface area contributed by atoms with Crippen LogP contribution in [0.1, 0.15) is 70.4 Å². The maximum atomic E-state index is 13.9. The Balaban J connectivity index is 2.18. The minimum Gasteiger partial charge on any atom is -0.508 e. The van der Waals surface area contributed by atoms with Gasteiger partial charge in [-0.1, -0.05) is 56.3 Å². The zero-order valence-electron chi connectivity index (χ0n) is 36.2. The lowest BCUT2D eigenvalue weighted by Gasteiger charge is -2.27. The highest BCUT2D eigenvalue weighted by Crippen LogP contribution is 2.14. The number of hydrogen-bond donors (Lipinski definition) is 12. The second kappa shape index (κ2) is 27.7. The van der Waals surface area contributed by atoms with Crippen molar-refractivity contribution in [3.63, 3.8) is 0 Å². The number of hydrogen-bond acceptors (Lipinski definition) is 13. The largest absolute Gasteiger partial charge is 0.508 e. The van der Waals surface area contributed by atoms with Crippen LogP contribution < -0.4 is 43.0 Å². The van der Waals surface area contributed by atoms with Gasteiger partial charge in [0.15, 0.2) is 0 Å². The number of aromatic hydroxyl groups is 1. The molecule has 8 amide bonds. The molecule has 65 heavy (non-hydrogen) atoms. The molecule has 13 N–H and O–H groups in total. The third kappa shape index (κ3) is 21.1. The lowest BCUT2D eigenvalue weighted by atomic mass is 10.0. The van der Waals surface area contributed by atoms with E-state index in [0.717, 1.165) is 0 Å². The first-order valence-electron chi connectivity index (χ1n) is 20.6. The summed E-state index contributed by atoms with van der Waals surface area (Å²) in [6.07, 6.45) is -2.82. The van der Waals surface area contributed by atoms with Gasteiger partial charge in [0.1, 0.15) is 48.6 Å². The van der Waals surface area contributed by atoms with E-state index >= 15 is 0 Å². The molecule has 0 aliphatic heterocycles. The summed E-state index contributed by atoms with van der Waals surface area (Å²) in [4.78, 5) is 127. The highest BCUT2D eigenvalue weighted by molar-refractivity contribution is 5.97. The summed E-state index contributed by atoms with van der Waals surface area (Å²) in [5.74, 6) is -9.58. The number of phenols is 1. The van der Waals surface area contributed by atoms with Gasteiger partial charge < -0.3 is 68.1 Å². The predicted molar refractivity (Wildman–Crippen MR) is 228 cm³/mol. The molecular weight excluding hydrogens is 857 g/mol. The minimum absolute atomic E-state index is 0.0125. The van der Waals surface area contributed by atoms with Gasteiger partial charge in [-0.05, 0) is 61.8 Å². The number of carboxylic acid groups (broad SMARTS) is 2. The molecule has 0 fully saturated rings. The van der Waals surface area contributed by atoms with Crippen molar-refractivity contribution in [1.82, 2.24) is 37.2 Å². The lowest BCUT2D eigenvalue weighted by molar-refractivity contribution is -0.139. The van der Waals surface area contributed by atoms with Gasteiger partial charge in [-0.3, -0.25) is 43.2 Å². The first-order chi connectivity index (χ1) is 30.7. The van der Waals surface area contributed by atoms with Crippen LogP contribution >= 0.6 is 0 Å².